The van der Waals surface area contributed by atoms with Gasteiger partial charge in [-0.25, -0.2) is 0 Å². The number of likely N-dealkylation sites (tertiary alicyclic amines) is 1. The van der Waals surface area contributed by atoms with Crippen LogP contribution in [0.1, 0.15) is 32.6 Å². The molecule has 3 nitrogen and oxygen atoms in total. The second-order valence-corrected chi connectivity index (χ2v) is 3.61. The molecule has 0 spiro atoms. The monoisotopic (exact) mass is 220 g/mol. The molecule has 14 heavy (non-hydrogen) atoms. The van der Waals surface area contributed by atoms with E-state index >= 15 is 0 Å². The predicted octanol–water partition coefficient (Wildman–Crippen LogP) is 1.42. The van der Waals surface area contributed by atoms with E-state index in [0.29, 0.717) is 6.42 Å². The maximum atomic E-state index is 10.9. The van der Waals surface area contributed by atoms with Crippen molar-refractivity contribution in [2.45, 2.75) is 32.6 Å². The molecule has 1 rings (SSSR count). The molecule has 0 aromatic carbocycles. The fourth-order valence-corrected chi connectivity index (χ4v) is 1.66. The molecule has 0 aromatic rings. The van der Waals surface area contributed by atoms with Crippen LogP contribution < -0.4 is 5.32 Å². The second-order valence-electron chi connectivity index (χ2n) is 3.61. The minimum absolute atomic E-state index is 0. The van der Waals surface area contributed by atoms with Crippen molar-refractivity contribution >= 4 is 18.3 Å². The summed E-state index contributed by atoms with van der Waals surface area (Å²) in [4.78, 5) is 13.4. The van der Waals surface area contributed by atoms with Gasteiger partial charge in [0.1, 0.15) is 0 Å². The number of halogens is 1. The maximum Gasteiger partial charge on any atom is 0.219 e. The molecule has 0 unspecified atom stereocenters. The molecule has 1 aliphatic rings. The third-order valence-electron chi connectivity index (χ3n) is 2.52. The number of nitrogens with zero attached hydrogens (tertiary/aromatic N) is 1. The summed E-state index contributed by atoms with van der Waals surface area (Å²) < 4.78 is 0. The summed E-state index contributed by atoms with van der Waals surface area (Å²) in [5.41, 5.74) is 0. The first-order chi connectivity index (χ1) is 6.33. The standard InChI is InChI=1S/C10H20N2O.ClH/c1-2-10(13)11-6-9-12-7-4-3-5-8-12;/h2-9H2,1H3,(H,11,13);1H. The summed E-state index contributed by atoms with van der Waals surface area (Å²) in [6.45, 7) is 6.14. The fourth-order valence-electron chi connectivity index (χ4n) is 1.66. The van der Waals surface area contributed by atoms with E-state index < -0.39 is 0 Å². The average Bonchev–Trinajstić information content (AvgIpc) is 2.19. The lowest BCUT2D eigenvalue weighted by molar-refractivity contribution is -0.120. The van der Waals surface area contributed by atoms with Crippen molar-refractivity contribution in [2.24, 2.45) is 0 Å². The van der Waals surface area contributed by atoms with Gasteiger partial charge >= 0.3 is 0 Å². The molecule has 0 atom stereocenters. The Kier molecular flexibility index (Phi) is 7.90. The van der Waals surface area contributed by atoms with Crippen molar-refractivity contribution in [3.8, 4) is 0 Å². The molecule has 1 N–H and O–H groups in total. The van der Waals surface area contributed by atoms with Crippen LogP contribution in [0.2, 0.25) is 0 Å². The topological polar surface area (TPSA) is 32.3 Å². The first-order valence-corrected chi connectivity index (χ1v) is 5.32. The molecule has 0 aliphatic carbocycles. The molecular formula is C10H21ClN2O. The summed E-state index contributed by atoms with van der Waals surface area (Å²) in [6.07, 6.45) is 4.61. The number of hydrogen-bond donors (Lipinski definition) is 1. The fraction of sp³-hybridized carbons (Fsp3) is 0.900. The number of piperidine rings is 1. The number of rotatable bonds is 4. The first kappa shape index (κ1) is 13.7. The third-order valence-corrected chi connectivity index (χ3v) is 2.52. The SMILES string of the molecule is CCC(=O)NCCN1CCCCC1.Cl. The van der Waals surface area contributed by atoms with Crippen LogP contribution in [0.25, 0.3) is 0 Å². The van der Waals surface area contributed by atoms with Gasteiger partial charge in [0.15, 0.2) is 0 Å². The number of carbonyl (C=O) groups excluding carboxylic acids is 1. The molecule has 0 radical (unpaired) electrons. The molecule has 1 fully saturated rings. The highest BCUT2D eigenvalue weighted by Gasteiger charge is 2.09. The van der Waals surface area contributed by atoms with Gasteiger partial charge in [-0.3, -0.25) is 4.79 Å². The largest absolute Gasteiger partial charge is 0.355 e. The highest BCUT2D eigenvalue weighted by atomic mass is 35.5. The van der Waals surface area contributed by atoms with Gasteiger partial charge in [0, 0.05) is 19.5 Å². The zero-order valence-corrected chi connectivity index (χ0v) is 9.74. The zero-order valence-electron chi connectivity index (χ0n) is 8.92. The lowest BCUT2D eigenvalue weighted by Crippen LogP contribution is -2.37. The summed E-state index contributed by atoms with van der Waals surface area (Å²) in [5.74, 6) is 0.164. The van der Waals surface area contributed by atoms with E-state index in [1.807, 2.05) is 6.92 Å². The lowest BCUT2D eigenvalue weighted by atomic mass is 10.1. The summed E-state index contributed by atoms with van der Waals surface area (Å²) in [5, 5.41) is 2.90. The van der Waals surface area contributed by atoms with Crippen molar-refractivity contribution < 1.29 is 4.79 Å². The molecule has 1 saturated heterocycles. The van der Waals surface area contributed by atoms with Crippen molar-refractivity contribution in [3.05, 3.63) is 0 Å². The van der Waals surface area contributed by atoms with Crippen LogP contribution in [0.3, 0.4) is 0 Å². The van der Waals surface area contributed by atoms with Crippen LogP contribution in [0.15, 0.2) is 0 Å². The van der Waals surface area contributed by atoms with Crippen LogP contribution in [-0.2, 0) is 4.79 Å². The molecule has 0 aromatic heterocycles. The van der Waals surface area contributed by atoms with Gasteiger partial charge < -0.3 is 10.2 Å². The Morgan fingerprint density at radius 1 is 1.29 bits per heavy atom. The Morgan fingerprint density at radius 3 is 2.50 bits per heavy atom. The van der Waals surface area contributed by atoms with Gasteiger partial charge in [0.05, 0.1) is 0 Å². The van der Waals surface area contributed by atoms with E-state index in [4.69, 9.17) is 0 Å². The second kappa shape index (κ2) is 8.06. The van der Waals surface area contributed by atoms with Gasteiger partial charge in [-0.05, 0) is 25.9 Å². The Labute approximate surface area is 92.6 Å². The lowest BCUT2D eigenvalue weighted by Gasteiger charge is -2.26. The molecule has 0 saturated carbocycles. The summed E-state index contributed by atoms with van der Waals surface area (Å²) in [6, 6.07) is 0. The van der Waals surface area contributed by atoms with E-state index in [0.717, 1.165) is 13.1 Å². The molecular weight excluding hydrogens is 200 g/mol. The van der Waals surface area contributed by atoms with E-state index in [9.17, 15) is 4.79 Å². The highest BCUT2D eigenvalue weighted by molar-refractivity contribution is 5.85. The van der Waals surface area contributed by atoms with E-state index in [2.05, 4.69) is 10.2 Å². The Hall–Kier alpha value is -0.280. The van der Waals surface area contributed by atoms with Gasteiger partial charge in [0.25, 0.3) is 0 Å². The third kappa shape index (κ3) is 5.45. The van der Waals surface area contributed by atoms with E-state index in [1.54, 1.807) is 0 Å². The smallest absolute Gasteiger partial charge is 0.219 e. The molecule has 1 aliphatic heterocycles. The number of hydrogen-bond acceptors (Lipinski definition) is 2. The number of amides is 1. The summed E-state index contributed by atoms with van der Waals surface area (Å²) in [7, 11) is 0. The van der Waals surface area contributed by atoms with Gasteiger partial charge in [-0.15, -0.1) is 12.4 Å². The molecule has 4 heteroatoms. The summed E-state index contributed by atoms with van der Waals surface area (Å²) >= 11 is 0. The Balaban J connectivity index is 0.00000169. The number of carbonyl (C=O) groups is 1. The van der Waals surface area contributed by atoms with Gasteiger partial charge in [0.2, 0.25) is 5.91 Å². The maximum absolute atomic E-state index is 10.9. The van der Waals surface area contributed by atoms with E-state index in [-0.39, 0.29) is 18.3 Å². The number of nitrogens with one attached hydrogen (secondary N) is 1. The molecule has 1 amide bonds. The molecule has 84 valence electrons. The van der Waals surface area contributed by atoms with E-state index in [1.165, 1.54) is 32.4 Å². The highest BCUT2D eigenvalue weighted by Crippen LogP contribution is 2.07. The van der Waals surface area contributed by atoms with Crippen LogP contribution in [0.5, 0.6) is 0 Å². The van der Waals surface area contributed by atoms with Crippen LogP contribution in [-0.4, -0.2) is 37.0 Å². The van der Waals surface area contributed by atoms with Crippen molar-refractivity contribution in [1.29, 1.82) is 0 Å². The Bertz CT molecular complexity index is 158. The molecule has 1 heterocycles. The van der Waals surface area contributed by atoms with Gasteiger partial charge in [-0.1, -0.05) is 13.3 Å². The normalized spacial score (nSPS) is 17.2. The predicted molar refractivity (Wildman–Crippen MR) is 60.8 cm³/mol. The van der Waals surface area contributed by atoms with Crippen LogP contribution in [0.4, 0.5) is 0 Å². The van der Waals surface area contributed by atoms with Crippen LogP contribution in [0, 0.1) is 0 Å². The minimum Gasteiger partial charge on any atom is -0.355 e. The zero-order chi connectivity index (χ0) is 9.52. The van der Waals surface area contributed by atoms with Crippen LogP contribution >= 0.6 is 12.4 Å². The van der Waals surface area contributed by atoms with Gasteiger partial charge in [-0.2, -0.15) is 0 Å². The van der Waals surface area contributed by atoms with Crippen molar-refractivity contribution in [2.75, 3.05) is 26.2 Å². The van der Waals surface area contributed by atoms with Crippen molar-refractivity contribution in [3.63, 3.8) is 0 Å². The Morgan fingerprint density at radius 2 is 1.93 bits per heavy atom. The first-order valence-electron chi connectivity index (χ1n) is 5.32. The molecule has 0 bridgehead atoms. The van der Waals surface area contributed by atoms with Crippen molar-refractivity contribution in [1.82, 2.24) is 10.2 Å². The average molecular weight is 221 g/mol. The minimum atomic E-state index is 0. The quantitative estimate of drug-likeness (QED) is 0.778.